The summed E-state index contributed by atoms with van der Waals surface area (Å²) in [5.41, 5.74) is 7.82. The fourth-order valence-electron chi connectivity index (χ4n) is 2.21. The summed E-state index contributed by atoms with van der Waals surface area (Å²) in [5, 5.41) is 0.836. The van der Waals surface area contributed by atoms with E-state index < -0.39 is 0 Å². The van der Waals surface area contributed by atoms with Gasteiger partial charge in [-0.25, -0.2) is 9.98 Å². The third-order valence-electron chi connectivity index (χ3n) is 3.55. The minimum atomic E-state index is 0.264. The van der Waals surface area contributed by atoms with Gasteiger partial charge in [-0.15, -0.1) is 0 Å². The predicted molar refractivity (Wildman–Crippen MR) is 105 cm³/mol. The monoisotopic (exact) mass is 377 g/mol. The highest BCUT2D eigenvalue weighted by Gasteiger charge is 2.12. The molecule has 25 heavy (non-hydrogen) atoms. The van der Waals surface area contributed by atoms with Crippen molar-refractivity contribution in [3.05, 3.63) is 64.3 Å². The van der Waals surface area contributed by atoms with Crippen molar-refractivity contribution in [2.75, 3.05) is 6.61 Å². The summed E-state index contributed by atoms with van der Waals surface area (Å²) in [7, 11) is 0. The molecule has 0 saturated carbocycles. The Labute approximate surface area is 158 Å². The van der Waals surface area contributed by atoms with Crippen LogP contribution in [0.15, 0.2) is 48.1 Å². The molecule has 1 heterocycles. The minimum Gasteiger partial charge on any atom is -0.477 e. The van der Waals surface area contributed by atoms with Gasteiger partial charge in [-0.05, 0) is 24.6 Å². The van der Waals surface area contributed by atoms with Crippen molar-refractivity contribution in [3.63, 3.8) is 0 Å². The summed E-state index contributed by atoms with van der Waals surface area (Å²) in [6.07, 6.45) is 4.86. The van der Waals surface area contributed by atoms with Gasteiger partial charge in [-0.2, -0.15) is 0 Å². The van der Waals surface area contributed by atoms with Crippen molar-refractivity contribution in [3.8, 4) is 5.88 Å². The molecule has 0 unspecified atom stereocenters. The van der Waals surface area contributed by atoms with Crippen molar-refractivity contribution in [1.82, 2.24) is 4.98 Å². The number of unbranched alkanes of at least 4 members (excludes halogenated alkanes) is 2. The van der Waals surface area contributed by atoms with Gasteiger partial charge < -0.3 is 10.5 Å². The normalized spacial score (nSPS) is 11.4. The van der Waals surface area contributed by atoms with E-state index in [1.54, 1.807) is 30.5 Å². The second-order valence-electron chi connectivity index (χ2n) is 5.46. The fraction of sp³-hybridized carbons (Fsp3) is 0.263. The van der Waals surface area contributed by atoms with E-state index in [-0.39, 0.29) is 5.84 Å². The Hall–Kier alpha value is -2.04. The Morgan fingerprint density at radius 3 is 2.72 bits per heavy atom. The van der Waals surface area contributed by atoms with Crippen LogP contribution >= 0.6 is 23.2 Å². The smallest absolute Gasteiger partial charge is 0.224 e. The van der Waals surface area contributed by atoms with E-state index in [0.717, 1.165) is 19.3 Å². The first kappa shape index (κ1) is 19.3. The molecule has 6 heteroatoms. The molecule has 1 aromatic carbocycles. The lowest BCUT2D eigenvalue weighted by atomic mass is 10.1. The fourth-order valence-corrected chi connectivity index (χ4v) is 2.62. The molecule has 0 fully saturated rings. The molecule has 0 spiro atoms. The van der Waals surface area contributed by atoms with Gasteiger partial charge in [-0.3, -0.25) is 0 Å². The first-order valence-corrected chi connectivity index (χ1v) is 8.85. The van der Waals surface area contributed by atoms with Gasteiger partial charge in [0.15, 0.2) is 0 Å². The lowest BCUT2D eigenvalue weighted by molar-refractivity contribution is 0.294. The molecule has 2 N–H and O–H groups in total. The van der Waals surface area contributed by atoms with Crippen LogP contribution < -0.4 is 10.5 Å². The van der Waals surface area contributed by atoms with Crippen LogP contribution in [0.3, 0.4) is 0 Å². The van der Waals surface area contributed by atoms with E-state index in [4.69, 9.17) is 33.7 Å². The number of amidine groups is 1. The number of nitrogens with zero attached hydrogens (tertiary/aromatic N) is 2. The number of aromatic nitrogens is 1. The van der Waals surface area contributed by atoms with Crippen LogP contribution in [0.25, 0.3) is 5.70 Å². The molecule has 2 aromatic rings. The highest BCUT2D eigenvalue weighted by molar-refractivity contribution is 6.43. The van der Waals surface area contributed by atoms with Crippen LogP contribution in [-0.4, -0.2) is 17.4 Å². The SMILES string of the molecule is C=C(N=C(N)c1cccnc1OCCCCC)c1cccc(Cl)c1Cl. The van der Waals surface area contributed by atoms with Gasteiger partial charge in [0.2, 0.25) is 5.88 Å². The van der Waals surface area contributed by atoms with Gasteiger partial charge in [0.1, 0.15) is 5.84 Å². The predicted octanol–water partition coefficient (Wildman–Crippen LogP) is 5.33. The molecule has 0 atom stereocenters. The molecule has 132 valence electrons. The first-order chi connectivity index (χ1) is 12.0. The Morgan fingerprint density at radius 1 is 1.20 bits per heavy atom. The second kappa shape index (κ2) is 9.44. The van der Waals surface area contributed by atoms with Gasteiger partial charge in [-0.1, -0.05) is 61.7 Å². The van der Waals surface area contributed by atoms with Crippen LogP contribution in [0.1, 0.15) is 37.3 Å². The molecule has 4 nitrogen and oxygen atoms in total. The second-order valence-corrected chi connectivity index (χ2v) is 6.24. The molecule has 0 bridgehead atoms. The molecule has 0 aliphatic heterocycles. The highest BCUT2D eigenvalue weighted by Crippen LogP contribution is 2.30. The number of hydrogen-bond donors (Lipinski definition) is 1. The average molecular weight is 378 g/mol. The molecular weight excluding hydrogens is 357 g/mol. The summed E-state index contributed by atoms with van der Waals surface area (Å²) in [6.45, 7) is 6.67. The molecule has 0 amide bonds. The van der Waals surface area contributed by atoms with Crippen LogP contribution in [0.5, 0.6) is 5.88 Å². The number of nitrogens with two attached hydrogens (primary N) is 1. The van der Waals surface area contributed by atoms with Crippen LogP contribution in [0.2, 0.25) is 10.0 Å². The Morgan fingerprint density at radius 2 is 1.96 bits per heavy atom. The van der Waals surface area contributed by atoms with E-state index in [1.165, 1.54) is 0 Å². The largest absolute Gasteiger partial charge is 0.477 e. The molecule has 2 rings (SSSR count). The summed E-state index contributed by atoms with van der Waals surface area (Å²) in [5.74, 6) is 0.726. The molecule has 0 radical (unpaired) electrons. The summed E-state index contributed by atoms with van der Waals surface area (Å²) in [6, 6.07) is 8.88. The van der Waals surface area contributed by atoms with E-state index >= 15 is 0 Å². The zero-order chi connectivity index (χ0) is 18.2. The molecule has 0 saturated heterocycles. The van der Waals surface area contributed by atoms with E-state index in [2.05, 4.69) is 23.5 Å². The number of hydrogen-bond acceptors (Lipinski definition) is 3. The topological polar surface area (TPSA) is 60.5 Å². The minimum absolute atomic E-state index is 0.264. The number of benzene rings is 1. The maximum atomic E-state index is 6.21. The van der Waals surface area contributed by atoms with E-state index in [9.17, 15) is 0 Å². The van der Waals surface area contributed by atoms with Crippen LogP contribution in [0, 0.1) is 0 Å². The zero-order valence-corrected chi connectivity index (χ0v) is 15.6. The summed E-state index contributed by atoms with van der Waals surface area (Å²) >= 11 is 12.2. The third-order valence-corrected chi connectivity index (χ3v) is 4.37. The average Bonchev–Trinajstić information content (AvgIpc) is 2.61. The Bertz CT molecular complexity index is 775. The maximum absolute atomic E-state index is 6.21. The molecule has 0 aliphatic carbocycles. The Balaban J connectivity index is 2.21. The van der Waals surface area contributed by atoms with Gasteiger partial charge in [0, 0.05) is 11.8 Å². The number of halogens is 2. The van der Waals surface area contributed by atoms with Crippen molar-refractivity contribution in [2.24, 2.45) is 10.7 Å². The quantitative estimate of drug-likeness (QED) is 0.384. The van der Waals surface area contributed by atoms with E-state index in [1.807, 2.05) is 6.07 Å². The summed E-state index contributed by atoms with van der Waals surface area (Å²) < 4.78 is 5.74. The highest BCUT2D eigenvalue weighted by atomic mass is 35.5. The number of ether oxygens (including phenoxy) is 1. The lowest BCUT2D eigenvalue weighted by Crippen LogP contribution is -2.16. The first-order valence-electron chi connectivity index (χ1n) is 8.10. The van der Waals surface area contributed by atoms with Crippen molar-refractivity contribution >= 4 is 34.7 Å². The van der Waals surface area contributed by atoms with Gasteiger partial charge in [0.05, 0.1) is 27.9 Å². The lowest BCUT2D eigenvalue weighted by Gasteiger charge is -2.11. The van der Waals surface area contributed by atoms with Crippen LogP contribution in [-0.2, 0) is 0 Å². The molecule has 0 aliphatic rings. The van der Waals surface area contributed by atoms with Crippen molar-refractivity contribution in [1.29, 1.82) is 0 Å². The van der Waals surface area contributed by atoms with Gasteiger partial charge in [0.25, 0.3) is 0 Å². The Kier molecular flexibility index (Phi) is 7.29. The zero-order valence-electron chi connectivity index (χ0n) is 14.1. The van der Waals surface area contributed by atoms with Crippen molar-refractivity contribution < 1.29 is 4.74 Å². The van der Waals surface area contributed by atoms with Crippen LogP contribution in [0.4, 0.5) is 0 Å². The number of rotatable bonds is 8. The third kappa shape index (κ3) is 5.21. The maximum Gasteiger partial charge on any atom is 0.224 e. The van der Waals surface area contributed by atoms with Crippen molar-refractivity contribution in [2.45, 2.75) is 26.2 Å². The standard InChI is InChI=1S/C19H21Cl2N3O/c1-3-4-5-12-25-19-15(9-7-11-23-19)18(22)24-13(2)14-8-6-10-16(20)17(14)21/h6-11H,2-5,12H2,1H3,(H2,22,24). The number of aliphatic imine (C=N–C) groups is 1. The molecule has 1 aromatic heterocycles. The number of pyridine rings is 1. The van der Waals surface area contributed by atoms with Gasteiger partial charge >= 0.3 is 0 Å². The molecular formula is C19H21Cl2N3O. The van der Waals surface area contributed by atoms with E-state index in [0.29, 0.717) is 39.4 Å². The summed E-state index contributed by atoms with van der Waals surface area (Å²) in [4.78, 5) is 8.61.